The molecule has 7 heteroatoms. The van der Waals surface area contributed by atoms with E-state index in [-0.39, 0.29) is 35.5 Å². The van der Waals surface area contributed by atoms with E-state index >= 15 is 0 Å². The van der Waals surface area contributed by atoms with Crippen LogP contribution in [0.25, 0.3) is 11.3 Å². The maximum absolute atomic E-state index is 12.6. The number of hydrogen-bond donors (Lipinski definition) is 0. The number of allylic oxidation sites excluding steroid dienone is 2. The van der Waals surface area contributed by atoms with Crippen LogP contribution in [-0.2, 0) is 14.3 Å². The van der Waals surface area contributed by atoms with Crippen molar-refractivity contribution in [3.8, 4) is 11.3 Å². The molecular formula is C22H18N2O5. The van der Waals surface area contributed by atoms with Gasteiger partial charge in [-0.05, 0) is 42.5 Å². The number of furan rings is 1. The first-order valence-electron chi connectivity index (χ1n) is 9.45. The van der Waals surface area contributed by atoms with Crippen molar-refractivity contribution in [2.24, 2.45) is 28.8 Å². The highest BCUT2D eigenvalue weighted by Crippen LogP contribution is 2.52. The van der Waals surface area contributed by atoms with Crippen LogP contribution in [0.4, 0.5) is 0 Å². The quantitative estimate of drug-likeness (QED) is 0.347. The van der Waals surface area contributed by atoms with Crippen LogP contribution in [0.1, 0.15) is 22.5 Å². The summed E-state index contributed by atoms with van der Waals surface area (Å²) in [5.41, 5.74) is 1.12. The Balaban J connectivity index is 1.35. The van der Waals surface area contributed by atoms with E-state index in [1.54, 1.807) is 30.3 Å². The van der Waals surface area contributed by atoms with Gasteiger partial charge in [-0.2, -0.15) is 10.1 Å². The number of ether oxygens (including phenoxy) is 1. The molecule has 2 aliphatic carbocycles. The zero-order valence-corrected chi connectivity index (χ0v) is 15.6. The Hall–Kier alpha value is -3.48. The first kappa shape index (κ1) is 17.6. The summed E-state index contributed by atoms with van der Waals surface area (Å²) in [4.78, 5) is 37.0. The molecular weight excluding hydrogens is 372 g/mol. The van der Waals surface area contributed by atoms with E-state index in [9.17, 15) is 14.4 Å². The van der Waals surface area contributed by atoms with Crippen LogP contribution in [-0.4, -0.2) is 36.1 Å². The Bertz CT molecular complexity index is 1050. The first-order valence-corrected chi connectivity index (χ1v) is 9.45. The third kappa shape index (κ3) is 2.73. The van der Waals surface area contributed by atoms with Gasteiger partial charge >= 0.3 is 5.97 Å². The molecule has 29 heavy (non-hydrogen) atoms. The largest absolute Gasteiger partial charge is 0.465 e. The summed E-state index contributed by atoms with van der Waals surface area (Å²) in [7, 11) is 1.33. The molecule has 1 saturated carbocycles. The highest BCUT2D eigenvalue weighted by Gasteiger charge is 2.59. The van der Waals surface area contributed by atoms with Crippen molar-refractivity contribution < 1.29 is 23.5 Å². The van der Waals surface area contributed by atoms with Crippen molar-refractivity contribution >= 4 is 24.0 Å². The monoisotopic (exact) mass is 390 g/mol. The molecule has 1 aliphatic heterocycles. The van der Waals surface area contributed by atoms with E-state index in [2.05, 4.69) is 5.10 Å². The summed E-state index contributed by atoms with van der Waals surface area (Å²) in [5, 5.41) is 5.10. The third-order valence-corrected chi connectivity index (χ3v) is 5.94. The van der Waals surface area contributed by atoms with Crippen molar-refractivity contribution in [1.29, 1.82) is 0 Å². The Morgan fingerprint density at radius 3 is 2.55 bits per heavy atom. The van der Waals surface area contributed by atoms with Gasteiger partial charge in [-0.1, -0.05) is 24.3 Å². The van der Waals surface area contributed by atoms with Crippen molar-refractivity contribution in [1.82, 2.24) is 5.01 Å². The van der Waals surface area contributed by atoms with E-state index in [4.69, 9.17) is 9.15 Å². The van der Waals surface area contributed by atoms with E-state index in [0.29, 0.717) is 22.6 Å². The minimum Gasteiger partial charge on any atom is -0.465 e. The summed E-state index contributed by atoms with van der Waals surface area (Å²) in [6.07, 6.45) is 6.35. The fourth-order valence-corrected chi connectivity index (χ4v) is 4.61. The summed E-state index contributed by atoms with van der Waals surface area (Å²) >= 11 is 0. The van der Waals surface area contributed by atoms with Gasteiger partial charge < -0.3 is 9.15 Å². The molecule has 4 atom stereocenters. The fraction of sp³-hybridized carbons (Fsp3) is 0.273. The number of fused-ring (bicyclic) bond motifs is 5. The number of carbonyl (C=O) groups is 3. The van der Waals surface area contributed by atoms with E-state index in [0.717, 1.165) is 11.4 Å². The molecule has 0 spiro atoms. The van der Waals surface area contributed by atoms with Gasteiger partial charge in [0, 0.05) is 5.56 Å². The average molecular weight is 390 g/mol. The third-order valence-electron chi connectivity index (χ3n) is 5.94. The molecule has 2 heterocycles. The van der Waals surface area contributed by atoms with Gasteiger partial charge in [-0.25, -0.2) is 4.79 Å². The maximum atomic E-state index is 12.6. The van der Waals surface area contributed by atoms with E-state index in [1.165, 1.54) is 13.3 Å². The molecule has 1 aromatic carbocycles. The second-order valence-electron chi connectivity index (χ2n) is 7.51. The van der Waals surface area contributed by atoms with Crippen LogP contribution in [0.2, 0.25) is 0 Å². The number of imide groups is 1. The predicted molar refractivity (Wildman–Crippen MR) is 103 cm³/mol. The van der Waals surface area contributed by atoms with Gasteiger partial charge in [0.15, 0.2) is 0 Å². The second kappa shape index (κ2) is 6.55. The zero-order valence-electron chi connectivity index (χ0n) is 15.6. The molecule has 2 fully saturated rings. The molecule has 1 saturated heterocycles. The lowest BCUT2D eigenvalue weighted by Gasteiger charge is -2.13. The number of hydrazone groups is 1. The number of methoxy groups -OCH3 is 1. The van der Waals surface area contributed by atoms with Crippen LogP contribution in [0, 0.1) is 23.7 Å². The molecule has 2 aromatic rings. The highest BCUT2D eigenvalue weighted by atomic mass is 16.5. The minimum absolute atomic E-state index is 0.152. The van der Waals surface area contributed by atoms with Gasteiger partial charge in [0.25, 0.3) is 11.8 Å². The number of benzene rings is 1. The molecule has 0 N–H and O–H groups in total. The van der Waals surface area contributed by atoms with Crippen LogP contribution >= 0.6 is 0 Å². The normalized spacial score (nSPS) is 27.3. The zero-order chi connectivity index (χ0) is 20.1. The molecule has 7 nitrogen and oxygen atoms in total. The Morgan fingerprint density at radius 2 is 1.86 bits per heavy atom. The Morgan fingerprint density at radius 1 is 1.14 bits per heavy atom. The average Bonchev–Trinajstić information content (AvgIpc) is 3.51. The van der Waals surface area contributed by atoms with Gasteiger partial charge in [0.05, 0.1) is 30.7 Å². The fourth-order valence-electron chi connectivity index (χ4n) is 4.61. The van der Waals surface area contributed by atoms with E-state index in [1.807, 2.05) is 18.2 Å². The smallest absolute Gasteiger partial charge is 0.337 e. The van der Waals surface area contributed by atoms with Crippen LogP contribution in [0.15, 0.2) is 58.1 Å². The molecule has 3 aliphatic rings. The lowest BCUT2D eigenvalue weighted by Crippen LogP contribution is -2.28. The molecule has 1 aromatic heterocycles. The number of nitrogens with zero attached hydrogens (tertiary/aromatic N) is 2. The molecule has 5 rings (SSSR count). The number of carbonyl (C=O) groups excluding carboxylic acids is 3. The number of esters is 1. The molecule has 0 unspecified atom stereocenters. The summed E-state index contributed by atoms with van der Waals surface area (Å²) in [6.45, 7) is 0. The van der Waals surface area contributed by atoms with Crippen molar-refractivity contribution in [2.75, 3.05) is 7.11 Å². The van der Waals surface area contributed by atoms with Crippen LogP contribution in [0.3, 0.4) is 0 Å². The van der Waals surface area contributed by atoms with Gasteiger partial charge in [-0.3, -0.25) is 9.59 Å². The van der Waals surface area contributed by atoms with Crippen molar-refractivity contribution in [3.05, 3.63) is 59.9 Å². The Kier molecular flexibility index (Phi) is 3.97. The SMILES string of the molecule is COC(=O)c1cccc(-c2ccc(/C=N\N3C(=O)[C@@H]4[C@@H](C3=O)[C@@H]3C=C[C@@H]4C3)o2)c1. The maximum Gasteiger partial charge on any atom is 0.337 e. The molecule has 0 radical (unpaired) electrons. The predicted octanol–water partition coefficient (Wildman–Crippen LogP) is 2.87. The molecule has 2 bridgehead atoms. The van der Waals surface area contributed by atoms with E-state index < -0.39 is 5.97 Å². The second-order valence-corrected chi connectivity index (χ2v) is 7.51. The number of hydrogen-bond acceptors (Lipinski definition) is 6. The topological polar surface area (TPSA) is 89.2 Å². The van der Waals surface area contributed by atoms with Crippen molar-refractivity contribution in [2.45, 2.75) is 6.42 Å². The summed E-state index contributed by atoms with van der Waals surface area (Å²) in [6, 6.07) is 10.3. The standard InChI is InChI=1S/C22H18N2O5/c1-28-22(27)15-4-2-3-12(9-15)17-8-7-16(29-17)11-23-24-20(25)18-13-5-6-14(10-13)19(18)21(24)26/h2-9,11,13-14,18-19H,10H2,1H3/b23-11-/t13-,14-,18+,19+/m1/s1. The lowest BCUT2D eigenvalue weighted by molar-refractivity contribution is -0.140. The molecule has 2 amide bonds. The summed E-state index contributed by atoms with van der Waals surface area (Å²) < 4.78 is 10.5. The first-order chi connectivity index (χ1) is 14.1. The summed E-state index contributed by atoms with van der Waals surface area (Å²) in [5.74, 6) is -0.196. The molecule has 146 valence electrons. The van der Waals surface area contributed by atoms with Crippen LogP contribution in [0.5, 0.6) is 0 Å². The number of rotatable bonds is 4. The van der Waals surface area contributed by atoms with Crippen LogP contribution < -0.4 is 0 Å². The van der Waals surface area contributed by atoms with Crippen molar-refractivity contribution in [3.63, 3.8) is 0 Å². The minimum atomic E-state index is -0.430. The lowest BCUT2D eigenvalue weighted by atomic mass is 9.85. The Labute approximate surface area is 166 Å². The van der Waals surface area contributed by atoms with Gasteiger partial charge in [0.2, 0.25) is 0 Å². The van der Waals surface area contributed by atoms with Gasteiger partial charge in [0.1, 0.15) is 11.5 Å². The highest BCUT2D eigenvalue weighted by molar-refractivity contribution is 6.06. The van der Waals surface area contributed by atoms with Gasteiger partial charge in [-0.15, -0.1) is 0 Å². The number of amides is 2.